The SMILES string of the molecule is CC(C)n1cc(S(=O)(=O)Nc2cc(C(F)(F)F)cc(C(F)(F)F)c2)c(-c2cccs2)n1. The molecule has 0 radical (unpaired) electrons. The highest BCUT2D eigenvalue weighted by Gasteiger charge is 2.37. The summed E-state index contributed by atoms with van der Waals surface area (Å²) in [5, 5.41) is 5.90. The van der Waals surface area contributed by atoms with Crippen LogP contribution in [0.2, 0.25) is 0 Å². The van der Waals surface area contributed by atoms with Crippen molar-refractivity contribution in [3.63, 3.8) is 0 Å². The van der Waals surface area contributed by atoms with E-state index in [1.807, 2.05) is 4.72 Å². The molecule has 0 aliphatic heterocycles. The minimum atomic E-state index is -5.11. The normalized spacial score (nSPS) is 13.1. The lowest BCUT2D eigenvalue weighted by Gasteiger charge is -2.15. The average molecular weight is 483 g/mol. The van der Waals surface area contributed by atoms with Crippen molar-refractivity contribution >= 4 is 27.0 Å². The lowest BCUT2D eigenvalue weighted by atomic mass is 10.1. The molecule has 168 valence electrons. The molecular formula is C18H15F6N3O2S2. The number of alkyl halides is 6. The first-order valence-corrected chi connectivity index (χ1v) is 11.0. The van der Waals surface area contributed by atoms with Gasteiger partial charge in [0.05, 0.1) is 21.7 Å². The quantitative estimate of drug-likeness (QED) is 0.451. The van der Waals surface area contributed by atoms with Crippen molar-refractivity contribution in [2.24, 2.45) is 0 Å². The number of aromatic nitrogens is 2. The van der Waals surface area contributed by atoms with Gasteiger partial charge in [0.25, 0.3) is 10.0 Å². The summed E-state index contributed by atoms with van der Waals surface area (Å²) in [6.45, 7) is 3.47. The summed E-state index contributed by atoms with van der Waals surface area (Å²) >= 11 is 1.18. The summed E-state index contributed by atoms with van der Waals surface area (Å²) in [5.74, 6) is 0. The molecule has 2 aromatic heterocycles. The summed E-state index contributed by atoms with van der Waals surface area (Å²) in [6, 6.07) is 3.55. The van der Waals surface area contributed by atoms with Gasteiger partial charge >= 0.3 is 12.4 Å². The second-order valence-electron chi connectivity index (χ2n) is 6.79. The van der Waals surface area contributed by atoms with Gasteiger partial charge in [0.15, 0.2) is 0 Å². The van der Waals surface area contributed by atoms with Crippen molar-refractivity contribution in [2.75, 3.05) is 4.72 Å². The van der Waals surface area contributed by atoms with Crippen LogP contribution in [0, 0.1) is 0 Å². The number of nitrogens with one attached hydrogen (secondary N) is 1. The molecule has 1 N–H and O–H groups in total. The van der Waals surface area contributed by atoms with Crippen LogP contribution in [0.4, 0.5) is 32.0 Å². The summed E-state index contributed by atoms with van der Waals surface area (Å²) in [5.41, 5.74) is -4.08. The first kappa shape index (κ1) is 23.1. The third-order valence-corrected chi connectivity index (χ3v) is 6.37. The Labute approximate surface area is 177 Å². The Balaban J connectivity index is 2.11. The van der Waals surface area contributed by atoms with Crippen molar-refractivity contribution in [3.8, 4) is 10.6 Å². The van der Waals surface area contributed by atoms with Crippen LogP contribution in [-0.4, -0.2) is 18.2 Å². The topological polar surface area (TPSA) is 64.0 Å². The van der Waals surface area contributed by atoms with E-state index in [9.17, 15) is 34.8 Å². The molecule has 0 atom stereocenters. The van der Waals surface area contributed by atoms with Crippen LogP contribution in [0.15, 0.2) is 46.8 Å². The van der Waals surface area contributed by atoms with E-state index >= 15 is 0 Å². The van der Waals surface area contributed by atoms with Crippen LogP contribution in [0.25, 0.3) is 10.6 Å². The molecule has 0 saturated carbocycles. The largest absolute Gasteiger partial charge is 0.416 e. The van der Waals surface area contributed by atoms with E-state index in [1.54, 1.807) is 31.4 Å². The molecule has 3 aromatic rings. The number of hydrogen-bond acceptors (Lipinski definition) is 4. The van der Waals surface area contributed by atoms with Crippen LogP contribution in [0.5, 0.6) is 0 Å². The van der Waals surface area contributed by atoms with Gasteiger partial charge in [-0.3, -0.25) is 9.40 Å². The zero-order valence-corrected chi connectivity index (χ0v) is 17.5. The number of nitrogens with zero attached hydrogens (tertiary/aromatic N) is 2. The third kappa shape index (κ3) is 5.03. The van der Waals surface area contributed by atoms with Gasteiger partial charge in [-0.15, -0.1) is 11.3 Å². The van der Waals surface area contributed by atoms with E-state index in [4.69, 9.17) is 0 Å². The van der Waals surface area contributed by atoms with E-state index in [2.05, 4.69) is 5.10 Å². The third-order valence-electron chi connectivity index (χ3n) is 4.11. The fourth-order valence-electron chi connectivity index (χ4n) is 2.64. The monoisotopic (exact) mass is 483 g/mol. The molecule has 13 heteroatoms. The van der Waals surface area contributed by atoms with Crippen LogP contribution in [0.1, 0.15) is 31.0 Å². The molecular weight excluding hydrogens is 468 g/mol. The fraction of sp³-hybridized carbons (Fsp3) is 0.278. The lowest BCUT2D eigenvalue weighted by Crippen LogP contribution is -2.16. The van der Waals surface area contributed by atoms with Gasteiger partial charge in [0.1, 0.15) is 10.6 Å². The molecule has 2 heterocycles. The highest BCUT2D eigenvalue weighted by Crippen LogP contribution is 2.38. The van der Waals surface area contributed by atoms with E-state index in [-0.39, 0.29) is 22.7 Å². The van der Waals surface area contributed by atoms with E-state index in [0.29, 0.717) is 17.0 Å². The maximum atomic E-state index is 13.1. The molecule has 5 nitrogen and oxygen atoms in total. The molecule has 0 bridgehead atoms. The predicted molar refractivity (Wildman–Crippen MR) is 103 cm³/mol. The Bertz CT molecular complexity index is 1150. The molecule has 0 aliphatic rings. The van der Waals surface area contributed by atoms with Crippen LogP contribution >= 0.6 is 11.3 Å². The van der Waals surface area contributed by atoms with Gasteiger partial charge in [-0.25, -0.2) is 8.42 Å². The summed E-state index contributed by atoms with van der Waals surface area (Å²) in [6.07, 6.45) is -9.03. The Morgan fingerprint density at radius 3 is 2.06 bits per heavy atom. The maximum Gasteiger partial charge on any atom is 0.416 e. The van der Waals surface area contributed by atoms with E-state index in [0.717, 1.165) is 0 Å². The van der Waals surface area contributed by atoms with Crippen molar-refractivity contribution < 1.29 is 34.8 Å². The molecule has 0 saturated heterocycles. The molecule has 0 amide bonds. The number of hydrogen-bond donors (Lipinski definition) is 1. The highest BCUT2D eigenvalue weighted by molar-refractivity contribution is 7.92. The minimum Gasteiger partial charge on any atom is -0.279 e. The first-order valence-electron chi connectivity index (χ1n) is 8.64. The zero-order valence-electron chi connectivity index (χ0n) is 15.9. The average Bonchev–Trinajstić information content (AvgIpc) is 3.29. The van der Waals surface area contributed by atoms with Gasteiger partial charge in [0.2, 0.25) is 0 Å². The van der Waals surface area contributed by atoms with Crippen molar-refractivity contribution in [1.82, 2.24) is 9.78 Å². The standard InChI is InChI=1S/C18H15F6N3O2S2/c1-10(2)27-9-15(16(25-27)14-4-3-5-30-14)31(28,29)26-13-7-11(17(19,20)21)6-12(8-13)18(22,23)24/h3-10,26H,1-2H3. The second-order valence-corrected chi connectivity index (χ2v) is 9.39. The maximum absolute atomic E-state index is 13.1. The molecule has 0 spiro atoms. The number of benzene rings is 1. The van der Waals surface area contributed by atoms with Gasteiger partial charge in [-0.1, -0.05) is 6.07 Å². The highest BCUT2D eigenvalue weighted by atomic mass is 32.2. The van der Waals surface area contributed by atoms with E-state index < -0.39 is 39.2 Å². The van der Waals surface area contributed by atoms with Gasteiger partial charge in [-0.2, -0.15) is 31.4 Å². The van der Waals surface area contributed by atoms with Crippen molar-refractivity contribution in [2.45, 2.75) is 37.1 Å². The van der Waals surface area contributed by atoms with Crippen LogP contribution in [-0.2, 0) is 22.4 Å². The zero-order chi connectivity index (χ0) is 23.2. The predicted octanol–water partition coefficient (Wildman–Crippen LogP) is 6.03. The van der Waals surface area contributed by atoms with Crippen molar-refractivity contribution in [1.29, 1.82) is 0 Å². The first-order chi connectivity index (χ1) is 14.2. The molecule has 1 aromatic carbocycles. The molecule has 0 unspecified atom stereocenters. The van der Waals surface area contributed by atoms with Gasteiger partial charge < -0.3 is 0 Å². The number of anilines is 1. The van der Waals surface area contributed by atoms with Crippen LogP contribution < -0.4 is 4.72 Å². The lowest BCUT2D eigenvalue weighted by molar-refractivity contribution is -0.143. The van der Waals surface area contributed by atoms with Crippen molar-refractivity contribution in [3.05, 3.63) is 53.0 Å². The molecule has 3 rings (SSSR count). The number of thiophene rings is 1. The van der Waals surface area contributed by atoms with Crippen LogP contribution in [0.3, 0.4) is 0 Å². The van der Waals surface area contributed by atoms with Gasteiger partial charge in [0, 0.05) is 12.2 Å². The summed E-state index contributed by atoms with van der Waals surface area (Å²) < 4.78 is 108. The number of halogens is 6. The Kier molecular flexibility index (Phi) is 5.86. The minimum absolute atomic E-state index is 0.0409. The molecule has 31 heavy (non-hydrogen) atoms. The second kappa shape index (κ2) is 7.86. The fourth-order valence-corrected chi connectivity index (χ4v) is 4.62. The van der Waals surface area contributed by atoms with E-state index in [1.165, 1.54) is 22.2 Å². The summed E-state index contributed by atoms with van der Waals surface area (Å²) in [7, 11) is -4.57. The Morgan fingerprint density at radius 1 is 1.03 bits per heavy atom. The Morgan fingerprint density at radius 2 is 1.61 bits per heavy atom. The number of rotatable bonds is 5. The van der Waals surface area contributed by atoms with Gasteiger partial charge in [-0.05, 0) is 43.5 Å². The number of sulfonamides is 1. The molecule has 0 aliphatic carbocycles. The summed E-state index contributed by atoms with van der Waals surface area (Å²) in [4.78, 5) is 0.106. The smallest absolute Gasteiger partial charge is 0.279 e. The Hall–Kier alpha value is -2.54. The molecule has 0 fully saturated rings.